The van der Waals surface area contributed by atoms with Crippen LogP contribution in [0.5, 0.6) is 5.75 Å². The molecule has 0 radical (unpaired) electrons. The number of ether oxygens (including phenoxy) is 1. The number of carbonyl (C=O) groups excluding carboxylic acids is 1. The van der Waals surface area contributed by atoms with Crippen molar-refractivity contribution in [2.24, 2.45) is 5.10 Å². The van der Waals surface area contributed by atoms with Gasteiger partial charge in [-0.25, -0.2) is 9.82 Å². The van der Waals surface area contributed by atoms with Crippen molar-refractivity contribution in [1.82, 2.24) is 5.43 Å². The first-order chi connectivity index (χ1) is 11.0. The van der Waals surface area contributed by atoms with Crippen molar-refractivity contribution in [2.45, 2.75) is 13.8 Å². The molecule has 0 unspecified atom stereocenters. The van der Waals surface area contributed by atoms with Crippen LogP contribution in [-0.4, -0.2) is 18.7 Å². The molecule has 2 aromatic rings. The number of rotatable bonds is 5. The van der Waals surface area contributed by atoms with Crippen molar-refractivity contribution in [3.8, 4) is 5.75 Å². The Hall–Kier alpha value is -2.40. The molecule has 2 rings (SSSR count). The fraction of sp³-hybridized carbons (Fsp3) is 0.176. The lowest BCUT2D eigenvalue weighted by molar-refractivity contribution is -0.123. The molecule has 0 aromatic heterocycles. The summed E-state index contributed by atoms with van der Waals surface area (Å²) in [5, 5.41) is 3.99. The third-order valence-corrected chi connectivity index (χ3v) is 3.37. The third-order valence-electron chi connectivity index (χ3n) is 3.04. The van der Waals surface area contributed by atoms with E-state index in [1.54, 1.807) is 0 Å². The van der Waals surface area contributed by atoms with Gasteiger partial charge >= 0.3 is 0 Å². The number of hydrazone groups is 1. The molecule has 0 saturated heterocycles. The number of nitrogens with zero attached hydrogens (tertiary/aromatic N) is 1. The summed E-state index contributed by atoms with van der Waals surface area (Å²) in [5.74, 6) is -0.186. The molecular formula is C17H16ClFN2O2. The molecular weight excluding hydrogens is 319 g/mol. The quantitative estimate of drug-likeness (QED) is 0.670. The fourth-order valence-corrected chi connectivity index (χ4v) is 2.13. The maximum absolute atomic E-state index is 12.9. The van der Waals surface area contributed by atoms with E-state index in [1.807, 2.05) is 32.0 Å². The number of hydrogen-bond acceptors (Lipinski definition) is 3. The van der Waals surface area contributed by atoms with E-state index in [0.717, 1.165) is 11.1 Å². The van der Waals surface area contributed by atoms with Crippen molar-refractivity contribution in [2.75, 3.05) is 6.61 Å². The molecule has 6 heteroatoms. The van der Waals surface area contributed by atoms with E-state index in [1.165, 1.54) is 24.4 Å². The average Bonchev–Trinajstić information content (AvgIpc) is 2.48. The summed E-state index contributed by atoms with van der Waals surface area (Å²) < 4.78 is 18.3. The largest absolute Gasteiger partial charge is 0.483 e. The van der Waals surface area contributed by atoms with Gasteiger partial charge in [-0.2, -0.15) is 5.10 Å². The van der Waals surface area contributed by atoms with Crippen LogP contribution in [0.1, 0.15) is 16.7 Å². The molecule has 0 fully saturated rings. The number of aryl methyl sites for hydroxylation is 2. The Balaban J connectivity index is 1.86. The van der Waals surface area contributed by atoms with Crippen molar-refractivity contribution < 1.29 is 13.9 Å². The zero-order valence-electron chi connectivity index (χ0n) is 12.8. The molecule has 0 aliphatic heterocycles. The standard InChI is InChI=1S/C17H16ClFN2O2/c1-11-3-6-16(12(2)7-11)23-10-17(22)21-20-9-13-4-5-14(19)8-15(13)18/h3-9H,10H2,1-2H3,(H,21,22). The molecule has 0 aliphatic carbocycles. The lowest BCUT2D eigenvalue weighted by Crippen LogP contribution is -2.24. The Morgan fingerprint density at radius 2 is 2.09 bits per heavy atom. The molecule has 0 bridgehead atoms. The maximum Gasteiger partial charge on any atom is 0.277 e. The molecule has 120 valence electrons. The van der Waals surface area contributed by atoms with Gasteiger partial charge in [0.15, 0.2) is 6.61 Å². The van der Waals surface area contributed by atoms with Crippen LogP contribution in [0.15, 0.2) is 41.5 Å². The van der Waals surface area contributed by atoms with E-state index in [9.17, 15) is 9.18 Å². The minimum absolute atomic E-state index is 0.154. The van der Waals surface area contributed by atoms with Crippen molar-refractivity contribution in [3.63, 3.8) is 0 Å². The van der Waals surface area contributed by atoms with Gasteiger partial charge in [-0.3, -0.25) is 4.79 Å². The van der Waals surface area contributed by atoms with Gasteiger partial charge in [-0.15, -0.1) is 0 Å². The van der Waals surface area contributed by atoms with E-state index < -0.39 is 11.7 Å². The lowest BCUT2D eigenvalue weighted by Gasteiger charge is -2.08. The van der Waals surface area contributed by atoms with Crippen LogP contribution < -0.4 is 10.2 Å². The zero-order chi connectivity index (χ0) is 16.8. The topological polar surface area (TPSA) is 50.7 Å². The van der Waals surface area contributed by atoms with Gasteiger partial charge in [0.05, 0.1) is 11.2 Å². The summed E-state index contributed by atoms with van der Waals surface area (Å²) in [7, 11) is 0. The SMILES string of the molecule is Cc1ccc(OCC(=O)NN=Cc2ccc(F)cc2Cl)c(C)c1. The predicted molar refractivity (Wildman–Crippen MR) is 88.6 cm³/mol. The van der Waals surface area contributed by atoms with E-state index in [-0.39, 0.29) is 11.6 Å². The zero-order valence-corrected chi connectivity index (χ0v) is 13.5. The predicted octanol–water partition coefficient (Wildman–Crippen LogP) is 3.63. The minimum atomic E-state index is -0.432. The third kappa shape index (κ3) is 5.07. The molecule has 23 heavy (non-hydrogen) atoms. The highest BCUT2D eigenvalue weighted by atomic mass is 35.5. The summed E-state index contributed by atoms with van der Waals surface area (Å²) in [6, 6.07) is 9.61. The summed E-state index contributed by atoms with van der Waals surface area (Å²) in [5.41, 5.74) is 4.91. The second-order valence-corrected chi connectivity index (χ2v) is 5.42. The van der Waals surface area contributed by atoms with E-state index in [4.69, 9.17) is 16.3 Å². The number of benzene rings is 2. The molecule has 0 saturated carbocycles. The summed E-state index contributed by atoms with van der Waals surface area (Å²) >= 11 is 5.85. The van der Waals surface area contributed by atoms with Gasteiger partial charge in [0.1, 0.15) is 11.6 Å². The fourth-order valence-electron chi connectivity index (χ4n) is 1.92. The highest BCUT2D eigenvalue weighted by molar-refractivity contribution is 6.33. The Morgan fingerprint density at radius 1 is 1.30 bits per heavy atom. The van der Waals surface area contributed by atoms with Crippen LogP contribution >= 0.6 is 11.6 Å². The monoisotopic (exact) mass is 334 g/mol. The summed E-state index contributed by atoms with van der Waals surface area (Å²) in [6.07, 6.45) is 1.34. The number of hydrogen-bond donors (Lipinski definition) is 1. The Labute approximate surface area is 138 Å². The van der Waals surface area contributed by atoms with Crippen molar-refractivity contribution in [3.05, 3.63) is 63.9 Å². The maximum atomic E-state index is 12.9. The van der Waals surface area contributed by atoms with Crippen LogP contribution in [0.3, 0.4) is 0 Å². The van der Waals surface area contributed by atoms with Gasteiger partial charge in [-0.1, -0.05) is 29.3 Å². The van der Waals surface area contributed by atoms with Crippen LogP contribution in [0.25, 0.3) is 0 Å². The highest BCUT2D eigenvalue weighted by Crippen LogP contribution is 2.18. The Kier molecular flexibility index (Phi) is 5.71. The van der Waals surface area contributed by atoms with Crippen LogP contribution in [-0.2, 0) is 4.79 Å². The van der Waals surface area contributed by atoms with Gasteiger partial charge in [0, 0.05) is 5.56 Å². The normalized spacial score (nSPS) is 10.8. The molecule has 1 amide bonds. The van der Waals surface area contributed by atoms with Crippen LogP contribution in [0.4, 0.5) is 4.39 Å². The number of amides is 1. The van der Waals surface area contributed by atoms with Crippen LogP contribution in [0, 0.1) is 19.7 Å². The number of carbonyl (C=O) groups is 1. The first-order valence-electron chi connectivity index (χ1n) is 6.92. The smallest absolute Gasteiger partial charge is 0.277 e. The second-order valence-electron chi connectivity index (χ2n) is 5.02. The van der Waals surface area contributed by atoms with Crippen molar-refractivity contribution in [1.29, 1.82) is 0 Å². The summed E-state index contributed by atoms with van der Waals surface area (Å²) in [4.78, 5) is 11.7. The van der Waals surface area contributed by atoms with Crippen LogP contribution in [0.2, 0.25) is 5.02 Å². The first kappa shape index (κ1) is 17.0. The van der Waals surface area contributed by atoms with Gasteiger partial charge in [0.2, 0.25) is 0 Å². The van der Waals surface area contributed by atoms with Gasteiger partial charge < -0.3 is 4.74 Å². The first-order valence-corrected chi connectivity index (χ1v) is 7.30. The Bertz CT molecular complexity index is 747. The van der Waals surface area contributed by atoms with Crippen molar-refractivity contribution >= 4 is 23.7 Å². The highest BCUT2D eigenvalue weighted by Gasteiger charge is 2.04. The Morgan fingerprint density at radius 3 is 2.78 bits per heavy atom. The van der Waals surface area contributed by atoms with Gasteiger partial charge in [0.25, 0.3) is 5.91 Å². The van der Waals surface area contributed by atoms with E-state index in [2.05, 4.69) is 10.5 Å². The minimum Gasteiger partial charge on any atom is -0.483 e. The summed E-state index contributed by atoms with van der Waals surface area (Å²) in [6.45, 7) is 3.74. The molecule has 0 spiro atoms. The molecule has 0 atom stereocenters. The lowest BCUT2D eigenvalue weighted by atomic mass is 10.1. The molecule has 0 heterocycles. The van der Waals surface area contributed by atoms with E-state index >= 15 is 0 Å². The average molecular weight is 335 g/mol. The molecule has 2 aromatic carbocycles. The second kappa shape index (κ2) is 7.74. The van der Waals surface area contributed by atoms with Gasteiger partial charge in [-0.05, 0) is 43.7 Å². The molecule has 4 nitrogen and oxygen atoms in total. The van der Waals surface area contributed by atoms with E-state index in [0.29, 0.717) is 11.3 Å². The number of halogens is 2. The molecule has 1 N–H and O–H groups in total. The molecule has 0 aliphatic rings. The number of nitrogens with one attached hydrogen (secondary N) is 1.